The van der Waals surface area contributed by atoms with Crippen molar-refractivity contribution in [3.63, 3.8) is 0 Å². The number of aromatic hydroxyl groups is 1. The van der Waals surface area contributed by atoms with Crippen LogP contribution < -0.4 is 0 Å². The van der Waals surface area contributed by atoms with Gasteiger partial charge in [0.15, 0.2) is 5.06 Å². The molecule has 0 atom stereocenters. The van der Waals surface area contributed by atoms with E-state index in [0.717, 1.165) is 5.01 Å². The van der Waals surface area contributed by atoms with E-state index < -0.39 is 0 Å². The minimum absolute atomic E-state index is 0.344. The van der Waals surface area contributed by atoms with Crippen LogP contribution in [0, 0.1) is 0 Å². The second kappa shape index (κ2) is 1.70. The van der Waals surface area contributed by atoms with Crippen molar-refractivity contribution >= 4 is 11.3 Å². The molecule has 0 bridgehead atoms. The molecule has 48 valence electrons. The Morgan fingerprint density at radius 1 is 1.67 bits per heavy atom. The first-order valence-electron chi connectivity index (χ1n) is 3.01. The molecule has 0 amide bonds. The highest BCUT2D eigenvalue weighted by atomic mass is 32.1. The predicted octanol–water partition coefficient (Wildman–Crippen LogP) is 1.73. The smallest absolute Gasteiger partial charge is 0.191 e. The minimum Gasteiger partial charge on any atom is -0.498 e. The summed E-state index contributed by atoms with van der Waals surface area (Å²) in [7, 11) is 0. The highest BCUT2D eigenvalue weighted by Crippen LogP contribution is 2.42. The maximum atomic E-state index is 8.89. The van der Waals surface area contributed by atoms with Crippen molar-refractivity contribution in [2.75, 3.05) is 0 Å². The van der Waals surface area contributed by atoms with Crippen molar-refractivity contribution in [2.24, 2.45) is 0 Å². The number of nitrogens with zero attached hydrogens (tertiary/aromatic N) is 1. The van der Waals surface area contributed by atoms with Gasteiger partial charge in [0.2, 0.25) is 0 Å². The number of hydrogen-bond donors (Lipinski definition) is 1. The van der Waals surface area contributed by atoms with E-state index in [-0.39, 0.29) is 0 Å². The minimum atomic E-state index is 0.344. The van der Waals surface area contributed by atoms with Crippen LogP contribution in [0.25, 0.3) is 0 Å². The van der Waals surface area contributed by atoms with E-state index in [1.165, 1.54) is 30.4 Å². The van der Waals surface area contributed by atoms with Gasteiger partial charge in [-0.15, -0.1) is 0 Å². The summed E-state index contributed by atoms with van der Waals surface area (Å²) in [5.41, 5.74) is 0. The van der Waals surface area contributed by atoms with Crippen molar-refractivity contribution in [1.29, 1.82) is 0 Å². The molecular weight excluding hydrogens is 134 g/mol. The topological polar surface area (TPSA) is 33.1 Å². The summed E-state index contributed by atoms with van der Waals surface area (Å²) in [6.45, 7) is 0. The van der Waals surface area contributed by atoms with E-state index in [0.29, 0.717) is 11.0 Å². The first-order valence-corrected chi connectivity index (χ1v) is 3.82. The van der Waals surface area contributed by atoms with E-state index >= 15 is 0 Å². The molecule has 0 aromatic carbocycles. The molecule has 1 aromatic rings. The van der Waals surface area contributed by atoms with Gasteiger partial charge in [-0.25, -0.2) is 4.98 Å². The second-order valence-electron chi connectivity index (χ2n) is 2.31. The zero-order chi connectivity index (χ0) is 6.27. The van der Waals surface area contributed by atoms with Crippen LogP contribution in [0.2, 0.25) is 0 Å². The molecule has 0 saturated heterocycles. The van der Waals surface area contributed by atoms with E-state index in [2.05, 4.69) is 4.98 Å². The average Bonchev–Trinajstić information content (AvgIpc) is 2.58. The lowest BCUT2D eigenvalue weighted by Gasteiger charge is -1.81. The van der Waals surface area contributed by atoms with Gasteiger partial charge in [0.1, 0.15) is 0 Å². The van der Waals surface area contributed by atoms with Crippen LogP contribution in [0.3, 0.4) is 0 Å². The molecule has 1 aliphatic carbocycles. The third kappa shape index (κ3) is 0.920. The zero-order valence-electron chi connectivity index (χ0n) is 4.87. The van der Waals surface area contributed by atoms with Crippen molar-refractivity contribution < 1.29 is 5.11 Å². The first-order chi connectivity index (χ1) is 4.36. The maximum absolute atomic E-state index is 8.89. The summed E-state index contributed by atoms with van der Waals surface area (Å²) >= 11 is 1.40. The lowest BCUT2D eigenvalue weighted by Crippen LogP contribution is -1.70. The standard InChI is InChI=1S/C6H7NOS/c8-5-3-7-6(9-5)4-1-2-4/h3-4,8H,1-2H2. The lowest BCUT2D eigenvalue weighted by atomic mass is 10.5. The van der Waals surface area contributed by atoms with Crippen LogP contribution in [0.1, 0.15) is 23.8 Å². The quantitative estimate of drug-likeness (QED) is 0.646. The maximum Gasteiger partial charge on any atom is 0.191 e. The molecule has 3 heteroatoms. The van der Waals surface area contributed by atoms with Gasteiger partial charge in [-0.3, -0.25) is 0 Å². The molecule has 0 aliphatic heterocycles. The molecule has 0 unspecified atom stereocenters. The summed E-state index contributed by atoms with van der Waals surface area (Å²) < 4.78 is 0. The van der Waals surface area contributed by atoms with Crippen LogP contribution in [0.4, 0.5) is 0 Å². The van der Waals surface area contributed by atoms with Crippen LogP contribution in [0.15, 0.2) is 6.20 Å². The van der Waals surface area contributed by atoms with Gasteiger partial charge < -0.3 is 5.11 Å². The molecule has 1 fully saturated rings. The molecule has 2 nitrogen and oxygen atoms in total. The van der Waals surface area contributed by atoms with Crippen LogP contribution in [-0.2, 0) is 0 Å². The Bertz CT molecular complexity index is 217. The Kier molecular flexibility index (Phi) is 0.990. The third-order valence-electron chi connectivity index (χ3n) is 1.44. The molecule has 1 aliphatic rings. The molecule has 0 radical (unpaired) electrons. The summed E-state index contributed by atoms with van der Waals surface area (Å²) in [6, 6.07) is 0. The molecular formula is C6H7NOS. The highest BCUT2D eigenvalue weighted by Gasteiger charge is 2.26. The lowest BCUT2D eigenvalue weighted by molar-refractivity contribution is 0.489. The molecule has 1 saturated carbocycles. The Morgan fingerprint density at radius 3 is 2.89 bits per heavy atom. The Morgan fingerprint density at radius 2 is 2.44 bits per heavy atom. The normalized spacial score (nSPS) is 18.2. The SMILES string of the molecule is Oc1cnc(C2CC2)s1. The summed E-state index contributed by atoms with van der Waals surface area (Å²) in [6.07, 6.45) is 4.04. The highest BCUT2D eigenvalue weighted by molar-refractivity contribution is 7.13. The molecule has 2 rings (SSSR count). The number of hydrogen-bond acceptors (Lipinski definition) is 3. The van der Waals surface area contributed by atoms with Crippen LogP contribution in [0.5, 0.6) is 5.06 Å². The fourth-order valence-corrected chi connectivity index (χ4v) is 1.63. The van der Waals surface area contributed by atoms with Gasteiger partial charge in [-0.1, -0.05) is 11.3 Å². The Labute approximate surface area is 57.2 Å². The number of aromatic nitrogens is 1. The number of thiazole rings is 1. The summed E-state index contributed by atoms with van der Waals surface area (Å²) in [4.78, 5) is 4.05. The molecule has 1 heterocycles. The van der Waals surface area contributed by atoms with Crippen molar-refractivity contribution in [3.05, 3.63) is 11.2 Å². The molecule has 1 aromatic heterocycles. The molecule has 9 heavy (non-hydrogen) atoms. The van der Waals surface area contributed by atoms with Gasteiger partial charge in [0.05, 0.1) is 11.2 Å². The predicted molar refractivity (Wildman–Crippen MR) is 35.8 cm³/mol. The van der Waals surface area contributed by atoms with Crippen molar-refractivity contribution in [2.45, 2.75) is 18.8 Å². The third-order valence-corrected chi connectivity index (χ3v) is 2.40. The van der Waals surface area contributed by atoms with Gasteiger partial charge in [-0.2, -0.15) is 0 Å². The van der Waals surface area contributed by atoms with Gasteiger partial charge >= 0.3 is 0 Å². The van der Waals surface area contributed by atoms with Gasteiger partial charge in [0, 0.05) is 5.92 Å². The van der Waals surface area contributed by atoms with Gasteiger partial charge in [-0.05, 0) is 12.8 Å². The first kappa shape index (κ1) is 5.23. The fourth-order valence-electron chi connectivity index (χ4n) is 0.798. The van der Waals surface area contributed by atoms with E-state index in [9.17, 15) is 0 Å². The monoisotopic (exact) mass is 141 g/mol. The van der Waals surface area contributed by atoms with Crippen LogP contribution in [-0.4, -0.2) is 10.1 Å². The van der Waals surface area contributed by atoms with Crippen molar-refractivity contribution in [1.82, 2.24) is 4.98 Å². The molecule has 1 N–H and O–H groups in total. The number of rotatable bonds is 1. The fraction of sp³-hybridized carbons (Fsp3) is 0.500. The average molecular weight is 141 g/mol. The molecule has 0 spiro atoms. The summed E-state index contributed by atoms with van der Waals surface area (Å²) in [5, 5.41) is 10.3. The largest absolute Gasteiger partial charge is 0.498 e. The second-order valence-corrected chi connectivity index (χ2v) is 3.35. The van der Waals surface area contributed by atoms with Crippen molar-refractivity contribution in [3.8, 4) is 5.06 Å². The van der Waals surface area contributed by atoms with Crippen LogP contribution >= 0.6 is 11.3 Å². The Hall–Kier alpha value is -0.570. The van der Waals surface area contributed by atoms with E-state index in [1.807, 2.05) is 0 Å². The zero-order valence-corrected chi connectivity index (χ0v) is 5.69. The van der Waals surface area contributed by atoms with E-state index in [1.54, 1.807) is 0 Å². The van der Waals surface area contributed by atoms with E-state index in [4.69, 9.17) is 5.11 Å². The van der Waals surface area contributed by atoms with Gasteiger partial charge in [0.25, 0.3) is 0 Å². The Balaban J connectivity index is 2.28. The summed E-state index contributed by atoms with van der Waals surface area (Å²) in [5.74, 6) is 0.677.